The minimum atomic E-state index is -1.37. The predicted molar refractivity (Wildman–Crippen MR) is 90.2 cm³/mol. The topological polar surface area (TPSA) is 82.1 Å². The average Bonchev–Trinajstić information content (AvgIpc) is 2.58. The molecule has 0 radical (unpaired) electrons. The molecule has 0 amide bonds. The largest absolute Gasteiger partial charge is 0.493 e. The molecule has 0 saturated heterocycles. The van der Waals surface area contributed by atoms with E-state index in [1.54, 1.807) is 18.2 Å². The van der Waals surface area contributed by atoms with Crippen LogP contribution in [0.15, 0.2) is 36.4 Å². The van der Waals surface area contributed by atoms with E-state index in [0.717, 1.165) is 12.8 Å². The molecule has 0 heterocycles. The SMILES string of the molecule is C=CCOC(=O)C(=Cc1ccc(OCCCC)c(OC)c1)C(=O)O. The molecule has 1 N–H and O–H groups in total. The first-order valence-corrected chi connectivity index (χ1v) is 7.57. The highest BCUT2D eigenvalue weighted by atomic mass is 16.5. The number of esters is 1. The van der Waals surface area contributed by atoms with Crippen molar-refractivity contribution < 1.29 is 28.9 Å². The lowest BCUT2D eigenvalue weighted by Crippen LogP contribution is -2.15. The van der Waals surface area contributed by atoms with Crippen LogP contribution in [0.4, 0.5) is 0 Å². The summed E-state index contributed by atoms with van der Waals surface area (Å²) in [4.78, 5) is 23.0. The van der Waals surface area contributed by atoms with Gasteiger partial charge in [-0.15, -0.1) is 0 Å². The van der Waals surface area contributed by atoms with Crippen molar-refractivity contribution in [1.29, 1.82) is 0 Å². The van der Waals surface area contributed by atoms with Crippen LogP contribution >= 0.6 is 0 Å². The number of aliphatic carboxylic acids is 1. The quantitative estimate of drug-likeness (QED) is 0.177. The molecule has 24 heavy (non-hydrogen) atoms. The molecule has 0 aromatic heterocycles. The summed E-state index contributed by atoms with van der Waals surface area (Å²) in [5, 5.41) is 9.18. The molecule has 0 aliphatic heterocycles. The molecule has 1 aromatic rings. The van der Waals surface area contributed by atoms with Crippen molar-refractivity contribution in [2.24, 2.45) is 0 Å². The summed E-state index contributed by atoms with van der Waals surface area (Å²) in [6.07, 6.45) is 4.52. The normalized spacial score (nSPS) is 10.8. The molecule has 0 spiro atoms. The first-order chi connectivity index (χ1) is 11.5. The molecule has 0 aliphatic carbocycles. The minimum Gasteiger partial charge on any atom is -0.493 e. The first-order valence-electron chi connectivity index (χ1n) is 7.57. The van der Waals surface area contributed by atoms with E-state index in [0.29, 0.717) is 23.7 Å². The zero-order chi connectivity index (χ0) is 17.9. The van der Waals surface area contributed by atoms with Crippen LogP contribution in [0.2, 0.25) is 0 Å². The third kappa shape index (κ3) is 5.79. The van der Waals surface area contributed by atoms with Crippen LogP contribution in [-0.2, 0) is 14.3 Å². The summed E-state index contributed by atoms with van der Waals surface area (Å²) < 4.78 is 15.6. The molecule has 6 nitrogen and oxygen atoms in total. The lowest BCUT2D eigenvalue weighted by atomic mass is 10.1. The highest BCUT2D eigenvalue weighted by molar-refractivity contribution is 6.17. The summed E-state index contributed by atoms with van der Waals surface area (Å²) in [6, 6.07) is 4.92. The number of carbonyl (C=O) groups is 2. The van der Waals surface area contributed by atoms with Crippen molar-refractivity contribution >= 4 is 18.0 Å². The van der Waals surface area contributed by atoms with Gasteiger partial charge in [-0.1, -0.05) is 32.1 Å². The van der Waals surface area contributed by atoms with Gasteiger partial charge in [0.05, 0.1) is 13.7 Å². The second kappa shape index (κ2) is 10.1. The van der Waals surface area contributed by atoms with Gasteiger partial charge in [0.25, 0.3) is 0 Å². The van der Waals surface area contributed by atoms with E-state index < -0.39 is 17.5 Å². The molecule has 1 aromatic carbocycles. The third-order valence-corrected chi connectivity index (χ3v) is 3.04. The fourth-order valence-corrected chi connectivity index (χ4v) is 1.81. The summed E-state index contributed by atoms with van der Waals surface area (Å²) in [5.74, 6) is -1.27. The first kappa shape index (κ1) is 19.3. The van der Waals surface area contributed by atoms with E-state index in [1.807, 2.05) is 0 Å². The Morgan fingerprint density at radius 3 is 2.62 bits per heavy atom. The molecule has 0 atom stereocenters. The smallest absolute Gasteiger partial charge is 0.345 e. The highest BCUT2D eigenvalue weighted by Crippen LogP contribution is 2.29. The number of carboxylic acid groups (broad SMARTS) is 1. The Bertz CT molecular complexity index is 618. The summed E-state index contributed by atoms with van der Waals surface area (Å²) in [5.41, 5.74) is 0.0150. The summed E-state index contributed by atoms with van der Waals surface area (Å²) in [7, 11) is 1.49. The lowest BCUT2D eigenvalue weighted by molar-refractivity contribution is -0.143. The number of carboxylic acids is 1. The molecular weight excluding hydrogens is 312 g/mol. The van der Waals surface area contributed by atoms with Crippen LogP contribution < -0.4 is 9.47 Å². The van der Waals surface area contributed by atoms with E-state index in [9.17, 15) is 14.7 Å². The van der Waals surface area contributed by atoms with E-state index >= 15 is 0 Å². The second-order valence-electron chi connectivity index (χ2n) is 4.86. The predicted octanol–water partition coefficient (Wildman–Crippen LogP) is 3.07. The maximum atomic E-state index is 11.8. The fourth-order valence-electron chi connectivity index (χ4n) is 1.81. The number of rotatable bonds is 10. The van der Waals surface area contributed by atoms with Gasteiger partial charge in [-0.3, -0.25) is 0 Å². The Kier molecular flexibility index (Phi) is 8.11. The van der Waals surface area contributed by atoms with E-state index in [4.69, 9.17) is 14.2 Å². The number of hydrogen-bond acceptors (Lipinski definition) is 5. The Hall–Kier alpha value is -2.76. The van der Waals surface area contributed by atoms with Gasteiger partial charge in [-0.2, -0.15) is 0 Å². The van der Waals surface area contributed by atoms with Crippen LogP contribution in [0.1, 0.15) is 25.3 Å². The van der Waals surface area contributed by atoms with Crippen LogP contribution in [0, 0.1) is 0 Å². The minimum absolute atomic E-state index is 0.0586. The molecule has 0 aliphatic rings. The number of carbonyl (C=O) groups excluding carboxylic acids is 1. The number of methoxy groups -OCH3 is 1. The molecule has 0 bridgehead atoms. The van der Waals surface area contributed by atoms with Crippen molar-refractivity contribution in [2.45, 2.75) is 19.8 Å². The van der Waals surface area contributed by atoms with Gasteiger partial charge < -0.3 is 19.3 Å². The van der Waals surface area contributed by atoms with E-state index in [1.165, 1.54) is 19.3 Å². The van der Waals surface area contributed by atoms with Crippen LogP contribution in [-0.4, -0.2) is 37.4 Å². The third-order valence-electron chi connectivity index (χ3n) is 3.04. The van der Waals surface area contributed by atoms with Crippen molar-refractivity contribution in [2.75, 3.05) is 20.3 Å². The molecule has 0 saturated carbocycles. The average molecular weight is 334 g/mol. The van der Waals surface area contributed by atoms with Gasteiger partial charge in [-0.05, 0) is 30.2 Å². The Morgan fingerprint density at radius 2 is 2.04 bits per heavy atom. The van der Waals surface area contributed by atoms with Crippen LogP contribution in [0.25, 0.3) is 6.08 Å². The number of ether oxygens (including phenoxy) is 3. The maximum Gasteiger partial charge on any atom is 0.345 e. The zero-order valence-corrected chi connectivity index (χ0v) is 13.9. The van der Waals surface area contributed by atoms with Gasteiger partial charge in [-0.25, -0.2) is 9.59 Å². The van der Waals surface area contributed by atoms with E-state index in [-0.39, 0.29) is 6.61 Å². The summed E-state index contributed by atoms with van der Waals surface area (Å²) in [6.45, 7) is 5.98. The van der Waals surface area contributed by atoms with Gasteiger partial charge in [0.1, 0.15) is 12.2 Å². The van der Waals surface area contributed by atoms with Crippen LogP contribution in [0.3, 0.4) is 0 Å². The Morgan fingerprint density at radius 1 is 1.29 bits per heavy atom. The van der Waals surface area contributed by atoms with Crippen LogP contribution in [0.5, 0.6) is 11.5 Å². The van der Waals surface area contributed by atoms with Crippen molar-refractivity contribution in [3.63, 3.8) is 0 Å². The molecule has 130 valence electrons. The molecule has 6 heteroatoms. The van der Waals surface area contributed by atoms with Gasteiger partial charge in [0, 0.05) is 0 Å². The molecular formula is C18H22O6. The summed E-state index contributed by atoms with van der Waals surface area (Å²) >= 11 is 0. The monoisotopic (exact) mass is 334 g/mol. The molecule has 0 unspecified atom stereocenters. The van der Waals surface area contributed by atoms with Crippen molar-refractivity contribution in [3.05, 3.63) is 42.0 Å². The highest BCUT2D eigenvalue weighted by Gasteiger charge is 2.19. The fraction of sp³-hybridized carbons (Fsp3) is 0.333. The van der Waals surface area contributed by atoms with Gasteiger partial charge in [0.15, 0.2) is 11.5 Å². The molecule has 0 fully saturated rings. The zero-order valence-electron chi connectivity index (χ0n) is 13.9. The maximum absolute atomic E-state index is 11.8. The Labute approximate surface area is 141 Å². The van der Waals surface area contributed by atoms with Gasteiger partial charge in [0.2, 0.25) is 0 Å². The lowest BCUT2D eigenvalue weighted by Gasteiger charge is -2.11. The second-order valence-corrected chi connectivity index (χ2v) is 4.86. The number of benzene rings is 1. The van der Waals surface area contributed by atoms with Crippen molar-refractivity contribution in [3.8, 4) is 11.5 Å². The van der Waals surface area contributed by atoms with Crippen molar-refractivity contribution in [1.82, 2.24) is 0 Å². The number of hydrogen-bond donors (Lipinski definition) is 1. The molecule has 1 rings (SSSR count). The Balaban J connectivity index is 3.03. The standard InChI is InChI=1S/C18H22O6/c1-4-6-10-23-15-8-7-13(12-16(15)22-3)11-14(17(19)20)18(21)24-9-5-2/h5,7-8,11-12H,2,4,6,9-10H2,1,3H3,(H,19,20). The van der Waals surface area contributed by atoms with E-state index in [2.05, 4.69) is 13.5 Å². The number of unbranched alkanes of at least 4 members (excludes halogenated alkanes) is 1. The van der Waals surface area contributed by atoms with Gasteiger partial charge >= 0.3 is 11.9 Å².